The maximum atomic E-state index is 11.5. The molecule has 0 heterocycles. The lowest BCUT2D eigenvalue weighted by Crippen LogP contribution is -2.36. The molecule has 9 heteroatoms. The molecule has 170 valence electrons. The molecule has 29 heavy (non-hydrogen) atoms. The van der Waals surface area contributed by atoms with Crippen molar-refractivity contribution in [1.82, 2.24) is 16.0 Å². The van der Waals surface area contributed by atoms with Gasteiger partial charge >= 0.3 is 0 Å². The summed E-state index contributed by atoms with van der Waals surface area (Å²) in [4.78, 5) is 34.5. The SMILES string of the molecule is CCNC(=O)CCOCC(C)(COCCC(=O)NCC)COCCC(=O)NCC. The monoisotopic (exact) mass is 417 g/mol. The van der Waals surface area contributed by atoms with E-state index in [9.17, 15) is 14.4 Å². The molecular weight excluding hydrogens is 378 g/mol. The van der Waals surface area contributed by atoms with Crippen molar-refractivity contribution in [3.05, 3.63) is 0 Å². The normalized spacial score (nSPS) is 11.2. The van der Waals surface area contributed by atoms with Crippen LogP contribution in [-0.2, 0) is 28.6 Å². The van der Waals surface area contributed by atoms with Crippen molar-refractivity contribution in [1.29, 1.82) is 0 Å². The highest BCUT2D eigenvalue weighted by molar-refractivity contribution is 5.76. The van der Waals surface area contributed by atoms with Gasteiger partial charge in [0.15, 0.2) is 0 Å². The summed E-state index contributed by atoms with van der Waals surface area (Å²) in [7, 11) is 0. The molecule has 0 saturated carbocycles. The third-order valence-corrected chi connectivity index (χ3v) is 3.89. The van der Waals surface area contributed by atoms with E-state index in [1.54, 1.807) is 0 Å². The number of ether oxygens (including phenoxy) is 3. The van der Waals surface area contributed by atoms with E-state index in [-0.39, 0.29) is 17.7 Å². The zero-order chi connectivity index (χ0) is 22.0. The Morgan fingerprint density at radius 1 is 0.621 bits per heavy atom. The van der Waals surface area contributed by atoms with Crippen LogP contribution in [0.4, 0.5) is 0 Å². The van der Waals surface area contributed by atoms with Gasteiger partial charge in [-0.05, 0) is 20.8 Å². The number of carbonyl (C=O) groups is 3. The van der Waals surface area contributed by atoms with Crippen molar-refractivity contribution in [2.24, 2.45) is 5.41 Å². The second kappa shape index (κ2) is 17.2. The van der Waals surface area contributed by atoms with E-state index in [1.807, 2.05) is 27.7 Å². The predicted octanol–water partition coefficient (Wildman–Crippen LogP) is 0.621. The van der Waals surface area contributed by atoms with Crippen LogP contribution in [0.2, 0.25) is 0 Å². The highest BCUT2D eigenvalue weighted by Crippen LogP contribution is 2.19. The summed E-state index contributed by atoms with van der Waals surface area (Å²) in [5.74, 6) is -0.151. The molecule has 0 unspecified atom stereocenters. The Balaban J connectivity index is 4.37. The van der Waals surface area contributed by atoms with Crippen molar-refractivity contribution in [2.45, 2.75) is 47.0 Å². The highest BCUT2D eigenvalue weighted by Gasteiger charge is 2.26. The van der Waals surface area contributed by atoms with E-state index in [2.05, 4.69) is 16.0 Å². The Kier molecular flexibility index (Phi) is 16.2. The zero-order valence-corrected chi connectivity index (χ0v) is 18.4. The summed E-state index contributed by atoms with van der Waals surface area (Å²) in [6.45, 7) is 11.3. The van der Waals surface area contributed by atoms with Crippen LogP contribution in [0.15, 0.2) is 0 Å². The molecule has 0 aromatic carbocycles. The van der Waals surface area contributed by atoms with Crippen LogP contribution in [0.25, 0.3) is 0 Å². The Hall–Kier alpha value is -1.71. The van der Waals surface area contributed by atoms with E-state index >= 15 is 0 Å². The van der Waals surface area contributed by atoms with E-state index in [4.69, 9.17) is 14.2 Å². The molecule has 3 N–H and O–H groups in total. The standard InChI is InChI=1S/C20H39N3O6/c1-5-21-17(24)8-11-27-14-20(4,15-28-12-9-18(25)22-6-2)16-29-13-10-19(26)23-7-3/h5-16H2,1-4H3,(H,21,24)(H,22,25)(H,23,26). The van der Waals surface area contributed by atoms with Gasteiger partial charge < -0.3 is 30.2 Å². The van der Waals surface area contributed by atoms with E-state index in [0.717, 1.165) is 0 Å². The van der Waals surface area contributed by atoms with Crippen LogP contribution >= 0.6 is 0 Å². The molecule has 0 aromatic heterocycles. The van der Waals surface area contributed by atoms with Gasteiger partial charge in [0.25, 0.3) is 0 Å². The summed E-state index contributed by atoms with van der Waals surface area (Å²) in [5.41, 5.74) is -0.455. The van der Waals surface area contributed by atoms with Crippen LogP contribution in [0.3, 0.4) is 0 Å². The fraction of sp³-hybridized carbons (Fsp3) is 0.850. The molecule has 0 rings (SSSR count). The van der Waals surface area contributed by atoms with Gasteiger partial charge in [0, 0.05) is 44.3 Å². The van der Waals surface area contributed by atoms with Gasteiger partial charge in [0.05, 0.1) is 39.6 Å². The van der Waals surface area contributed by atoms with Gasteiger partial charge in [0.1, 0.15) is 0 Å². The average Bonchev–Trinajstić information content (AvgIpc) is 2.67. The third-order valence-electron chi connectivity index (χ3n) is 3.89. The van der Waals surface area contributed by atoms with Crippen molar-refractivity contribution in [3.8, 4) is 0 Å². The van der Waals surface area contributed by atoms with Crippen LogP contribution in [0, 0.1) is 5.41 Å². The van der Waals surface area contributed by atoms with Gasteiger partial charge in [-0.1, -0.05) is 6.92 Å². The lowest BCUT2D eigenvalue weighted by Gasteiger charge is -2.29. The molecule has 9 nitrogen and oxygen atoms in total. The van der Waals surface area contributed by atoms with Gasteiger partial charge in [-0.2, -0.15) is 0 Å². The largest absolute Gasteiger partial charge is 0.380 e. The minimum atomic E-state index is -0.455. The lowest BCUT2D eigenvalue weighted by atomic mass is 9.94. The topological polar surface area (TPSA) is 115 Å². The highest BCUT2D eigenvalue weighted by atomic mass is 16.5. The number of rotatable bonds is 18. The molecule has 3 amide bonds. The number of carbonyl (C=O) groups excluding carboxylic acids is 3. The number of hydrogen-bond acceptors (Lipinski definition) is 6. The first-order valence-corrected chi connectivity index (χ1v) is 10.4. The summed E-state index contributed by atoms with van der Waals surface area (Å²) < 4.78 is 17.0. The predicted molar refractivity (Wildman–Crippen MR) is 110 cm³/mol. The number of hydrogen-bond donors (Lipinski definition) is 3. The molecule has 0 aromatic rings. The molecule has 0 aliphatic rings. The molecule has 0 spiro atoms. The minimum absolute atomic E-state index is 0.0504. The Morgan fingerprint density at radius 3 is 1.14 bits per heavy atom. The van der Waals surface area contributed by atoms with Crippen molar-refractivity contribution >= 4 is 17.7 Å². The van der Waals surface area contributed by atoms with Gasteiger partial charge in [-0.15, -0.1) is 0 Å². The summed E-state index contributed by atoms with van der Waals surface area (Å²) >= 11 is 0. The fourth-order valence-corrected chi connectivity index (χ4v) is 2.43. The van der Waals surface area contributed by atoms with Crippen LogP contribution in [0.1, 0.15) is 47.0 Å². The first-order valence-electron chi connectivity index (χ1n) is 10.4. The molecule has 0 fully saturated rings. The Bertz CT molecular complexity index is 409. The van der Waals surface area contributed by atoms with E-state index < -0.39 is 5.41 Å². The first kappa shape index (κ1) is 27.3. The molecule has 0 aliphatic heterocycles. The Morgan fingerprint density at radius 2 is 0.897 bits per heavy atom. The average molecular weight is 418 g/mol. The molecule has 0 radical (unpaired) electrons. The molecular formula is C20H39N3O6. The van der Waals surface area contributed by atoms with E-state index in [0.29, 0.717) is 78.5 Å². The van der Waals surface area contributed by atoms with Gasteiger partial charge in [0.2, 0.25) is 17.7 Å². The maximum Gasteiger partial charge on any atom is 0.222 e. The quantitative estimate of drug-likeness (QED) is 0.282. The Labute approximate surface area is 174 Å². The maximum absolute atomic E-state index is 11.5. The lowest BCUT2D eigenvalue weighted by molar-refractivity contribution is -0.123. The number of nitrogens with one attached hydrogen (secondary N) is 3. The minimum Gasteiger partial charge on any atom is -0.380 e. The van der Waals surface area contributed by atoms with E-state index in [1.165, 1.54) is 0 Å². The first-order chi connectivity index (χ1) is 13.9. The number of amides is 3. The van der Waals surface area contributed by atoms with Gasteiger partial charge in [-0.25, -0.2) is 0 Å². The molecule has 0 saturated heterocycles. The summed E-state index contributed by atoms with van der Waals surface area (Å²) in [6, 6.07) is 0. The summed E-state index contributed by atoms with van der Waals surface area (Å²) in [5, 5.41) is 8.17. The summed E-state index contributed by atoms with van der Waals surface area (Å²) in [6.07, 6.45) is 0.875. The van der Waals surface area contributed by atoms with Crippen molar-refractivity contribution in [2.75, 3.05) is 59.3 Å². The third kappa shape index (κ3) is 15.8. The van der Waals surface area contributed by atoms with Crippen molar-refractivity contribution < 1.29 is 28.6 Å². The van der Waals surface area contributed by atoms with Gasteiger partial charge in [-0.3, -0.25) is 14.4 Å². The smallest absolute Gasteiger partial charge is 0.222 e. The second-order valence-corrected chi connectivity index (χ2v) is 7.08. The van der Waals surface area contributed by atoms with Crippen LogP contribution in [0.5, 0.6) is 0 Å². The molecule has 0 aliphatic carbocycles. The molecule has 0 atom stereocenters. The van der Waals surface area contributed by atoms with Crippen LogP contribution in [-0.4, -0.2) is 77.0 Å². The fourth-order valence-electron chi connectivity index (χ4n) is 2.43. The zero-order valence-electron chi connectivity index (χ0n) is 18.4. The van der Waals surface area contributed by atoms with Crippen LogP contribution < -0.4 is 16.0 Å². The van der Waals surface area contributed by atoms with Crippen molar-refractivity contribution in [3.63, 3.8) is 0 Å². The molecule has 0 bridgehead atoms. The second-order valence-electron chi connectivity index (χ2n) is 7.08.